The number of methoxy groups -OCH3 is 1. The predicted octanol–water partition coefficient (Wildman–Crippen LogP) is 3.97. The Labute approximate surface area is 109 Å². The van der Waals surface area contributed by atoms with Gasteiger partial charge in [-0.05, 0) is 37.1 Å². The number of hydrogen-bond acceptors (Lipinski definition) is 2. The molecule has 1 atom stereocenters. The Hall–Kier alpha value is -0.990. The van der Waals surface area contributed by atoms with Gasteiger partial charge in [0.1, 0.15) is 5.75 Å². The molecule has 17 heavy (non-hydrogen) atoms. The van der Waals surface area contributed by atoms with E-state index in [0.717, 1.165) is 25.1 Å². The third-order valence-corrected chi connectivity index (χ3v) is 2.93. The molecular weight excluding hydrogens is 234 g/mol. The second kappa shape index (κ2) is 7.36. The van der Waals surface area contributed by atoms with Crippen LogP contribution in [0.1, 0.15) is 31.4 Å². The van der Waals surface area contributed by atoms with E-state index in [2.05, 4.69) is 18.8 Å². The maximum atomic E-state index is 6.02. The fourth-order valence-electron chi connectivity index (χ4n) is 1.72. The zero-order chi connectivity index (χ0) is 12.7. The van der Waals surface area contributed by atoms with Crippen LogP contribution in [-0.4, -0.2) is 13.7 Å². The first-order valence-corrected chi connectivity index (χ1v) is 6.28. The smallest absolute Gasteiger partial charge is 0.137 e. The van der Waals surface area contributed by atoms with Crippen LogP contribution >= 0.6 is 11.6 Å². The highest BCUT2D eigenvalue weighted by atomic mass is 35.5. The molecule has 0 saturated carbocycles. The maximum absolute atomic E-state index is 6.02. The van der Waals surface area contributed by atoms with E-state index in [1.54, 1.807) is 7.11 Å². The van der Waals surface area contributed by atoms with E-state index < -0.39 is 0 Å². The quantitative estimate of drug-likeness (QED) is 0.743. The lowest BCUT2D eigenvalue weighted by atomic mass is 10.0. The van der Waals surface area contributed by atoms with Crippen LogP contribution in [0.15, 0.2) is 30.9 Å². The molecule has 0 aromatic heterocycles. The standard InChI is InChI=1S/C14H20ClNO/c1-4-6-13(16-9-5-2)11-7-8-12(15)14(10-11)17-3/h4,7-8,10,13,16H,1,5-6,9H2,2-3H3. The third-order valence-electron chi connectivity index (χ3n) is 2.62. The number of benzene rings is 1. The van der Waals surface area contributed by atoms with E-state index in [1.165, 1.54) is 5.56 Å². The van der Waals surface area contributed by atoms with Gasteiger partial charge in [0, 0.05) is 6.04 Å². The summed E-state index contributed by atoms with van der Waals surface area (Å²) in [5, 5.41) is 4.13. The summed E-state index contributed by atoms with van der Waals surface area (Å²) in [5.41, 5.74) is 1.18. The molecular formula is C14H20ClNO. The SMILES string of the molecule is C=CCC(NCCC)c1ccc(Cl)c(OC)c1. The second-order valence-corrected chi connectivity index (χ2v) is 4.33. The van der Waals surface area contributed by atoms with Gasteiger partial charge in [-0.3, -0.25) is 0 Å². The maximum Gasteiger partial charge on any atom is 0.137 e. The van der Waals surface area contributed by atoms with Gasteiger partial charge < -0.3 is 10.1 Å². The first-order chi connectivity index (χ1) is 8.22. The Morgan fingerprint density at radius 2 is 2.29 bits per heavy atom. The van der Waals surface area contributed by atoms with Crippen molar-refractivity contribution < 1.29 is 4.74 Å². The topological polar surface area (TPSA) is 21.3 Å². The van der Waals surface area contributed by atoms with Crippen molar-refractivity contribution in [2.24, 2.45) is 0 Å². The van der Waals surface area contributed by atoms with E-state index in [4.69, 9.17) is 16.3 Å². The molecule has 1 N–H and O–H groups in total. The second-order valence-electron chi connectivity index (χ2n) is 3.93. The van der Waals surface area contributed by atoms with Crippen molar-refractivity contribution in [2.75, 3.05) is 13.7 Å². The van der Waals surface area contributed by atoms with Crippen molar-refractivity contribution in [3.63, 3.8) is 0 Å². The molecule has 0 heterocycles. The average molecular weight is 254 g/mol. The Bertz CT molecular complexity index is 365. The van der Waals surface area contributed by atoms with Crippen LogP contribution in [0.4, 0.5) is 0 Å². The highest BCUT2D eigenvalue weighted by molar-refractivity contribution is 6.32. The van der Waals surface area contributed by atoms with Crippen LogP contribution in [0.25, 0.3) is 0 Å². The van der Waals surface area contributed by atoms with Crippen LogP contribution in [0.2, 0.25) is 5.02 Å². The van der Waals surface area contributed by atoms with Crippen LogP contribution < -0.4 is 10.1 Å². The lowest BCUT2D eigenvalue weighted by molar-refractivity contribution is 0.413. The van der Waals surface area contributed by atoms with Gasteiger partial charge in [-0.15, -0.1) is 6.58 Å². The molecule has 0 fully saturated rings. The fourth-order valence-corrected chi connectivity index (χ4v) is 1.91. The summed E-state index contributed by atoms with van der Waals surface area (Å²) in [4.78, 5) is 0. The summed E-state index contributed by atoms with van der Waals surface area (Å²) >= 11 is 6.02. The van der Waals surface area contributed by atoms with Crippen LogP contribution in [-0.2, 0) is 0 Å². The van der Waals surface area contributed by atoms with Gasteiger partial charge in [-0.1, -0.05) is 30.7 Å². The summed E-state index contributed by atoms with van der Waals surface area (Å²) in [7, 11) is 1.63. The number of ether oxygens (including phenoxy) is 1. The molecule has 1 rings (SSSR count). The van der Waals surface area contributed by atoms with Gasteiger partial charge in [0.25, 0.3) is 0 Å². The zero-order valence-corrected chi connectivity index (χ0v) is 11.3. The molecule has 1 aromatic carbocycles. The summed E-state index contributed by atoms with van der Waals surface area (Å²) in [5.74, 6) is 0.719. The minimum atomic E-state index is 0.276. The Balaban J connectivity index is 2.88. The summed E-state index contributed by atoms with van der Waals surface area (Å²) in [6.45, 7) is 6.94. The number of hydrogen-bond donors (Lipinski definition) is 1. The molecule has 0 saturated heterocycles. The van der Waals surface area contributed by atoms with Crippen molar-refractivity contribution in [2.45, 2.75) is 25.8 Å². The zero-order valence-electron chi connectivity index (χ0n) is 10.5. The van der Waals surface area contributed by atoms with E-state index in [0.29, 0.717) is 5.02 Å². The molecule has 1 aromatic rings. The van der Waals surface area contributed by atoms with Gasteiger partial charge in [-0.25, -0.2) is 0 Å². The van der Waals surface area contributed by atoms with Crippen LogP contribution in [0.3, 0.4) is 0 Å². The first kappa shape index (κ1) is 14.1. The average Bonchev–Trinajstić information content (AvgIpc) is 2.35. The Morgan fingerprint density at radius 1 is 1.53 bits per heavy atom. The molecule has 1 unspecified atom stereocenters. The van der Waals surface area contributed by atoms with Gasteiger partial charge in [0.05, 0.1) is 12.1 Å². The largest absolute Gasteiger partial charge is 0.495 e. The highest BCUT2D eigenvalue weighted by Gasteiger charge is 2.11. The molecule has 0 aliphatic carbocycles. The van der Waals surface area contributed by atoms with E-state index >= 15 is 0 Å². The lowest BCUT2D eigenvalue weighted by Crippen LogP contribution is -2.21. The highest BCUT2D eigenvalue weighted by Crippen LogP contribution is 2.28. The van der Waals surface area contributed by atoms with Crippen molar-refractivity contribution in [3.8, 4) is 5.75 Å². The minimum absolute atomic E-state index is 0.276. The molecule has 94 valence electrons. The molecule has 0 amide bonds. The van der Waals surface area contributed by atoms with E-state index in [9.17, 15) is 0 Å². The van der Waals surface area contributed by atoms with Crippen molar-refractivity contribution in [1.29, 1.82) is 0 Å². The molecule has 0 radical (unpaired) electrons. The van der Waals surface area contributed by atoms with Gasteiger partial charge in [0.15, 0.2) is 0 Å². The van der Waals surface area contributed by atoms with Crippen LogP contribution in [0, 0.1) is 0 Å². The normalized spacial score (nSPS) is 12.2. The number of halogens is 1. The molecule has 0 spiro atoms. The molecule has 0 aliphatic heterocycles. The van der Waals surface area contributed by atoms with Crippen LogP contribution in [0.5, 0.6) is 5.75 Å². The van der Waals surface area contributed by atoms with Crippen molar-refractivity contribution >= 4 is 11.6 Å². The van der Waals surface area contributed by atoms with Crippen molar-refractivity contribution in [3.05, 3.63) is 41.4 Å². The predicted molar refractivity (Wildman–Crippen MR) is 73.9 cm³/mol. The summed E-state index contributed by atoms with van der Waals surface area (Å²) in [6, 6.07) is 6.17. The van der Waals surface area contributed by atoms with Gasteiger partial charge in [-0.2, -0.15) is 0 Å². The monoisotopic (exact) mass is 253 g/mol. The Morgan fingerprint density at radius 3 is 2.88 bits per heavy atom. The first-order valence-electron chi connectivity index (χ1n) is 5.90. The molecule has 2 nitrogen and oxygen atoms in total. The molecule has 0 bridgehead atoms. The third kappa shape index (κ3) is 4.06. The number of rotatable bonds is 7. The number of nitrogens with one attached hydrogen (secondary N) is 1. The fraction of sp³-hybridized carbons (Fsp3) is 0.429. The molecule has 3 heteroatoms. The lowest BCUT2D eigenvalue weighted by Gasteiger charge is -2.18. The molecule has 0 aliphatic rings. The van der Waals surface area contributed by atoms with Gasteiger partial charge >= 0.3 is 0 Å². The Kier molecular flexibility index (Phi) is 6.09. The summed E-state index contributed by atoms with van der Waals surface area (Å²) < 4.78 is 5.23. The van der Waals surface area contributed by atoms with Gasteiger partial charge in [0.2, 0.25) is 0 Å². The van der Waals surface area contributed by atoms with Crippen molar-refractivity contribution in [1.82, 2.24) is 5.32 Å². The van der Waals surface area contributed by atoms with E-state index in [-0.39, 0.29) is 6.04 Å². The summed E-state index contributed by atoms with van der Waals surface area (Å²) in [6.07, 6.45) is 3.93. The minimum Gasteiger partial charge on any atom is -0.495 e. The van der Waals surface area contributed by atoms with E-state index in [1.807, 2.05) is 24.3 Å².